The van der Waals surface area contributed by atoms with Crippen LogP contribution < -0.4 is 0 Å². The van der Waals surface area contributed by atoms with Crippen LogP contribution in [0.25, 0.3) is 0 Å². The standard InChI is InChI=1S/C26H36O12/c1-22-8-6-13(37-21-25(32,33)26(34,35)24(30,31)19(38-21)20(29)36-3)10-12(22)11-16(27)18-14-4-5-17(28)23(14,2)9-7-15(18)22/h11,13-15,18-19,21,30-35H,4-10H2,1-3H3/t13?,14?,15?,18?,19-,21?,22+,23+/m1/s1. The maximum Gasteiger partial charge on any atom is 0.341 e. The van der Waals surface area contributed by atoms with Crippen molar-refractivity contribution in [3.8, 4) is 0 Å². The van der Waals surface area contributed by atoms with Crippen molar-refractivity contribution < 1.29 is 59.2 Å². The Morgan fingerprint density at radius 3 is 2.24 bits per heavy atom. The molecule has 38 heavy (non-hydrogen) atoms. The van der Waals surface area contributed by atoms with Crippen molar-refractivity contribution in [2.24, 2.45) is 28.6 Å². The van der Waals surface area contributed by atoms with Crippen LogP contribution in [0, 0.1) is 28.6 Å². The van der Waals surface area contributed by atoms with Crippen LogP contribution in [0.1, 0.15) is 58.8 Å². The molecule has 5 unspecified atom stereocenters. The minimum Gasteiger partial charge on any atom is -0.467 e. The summed E-state index contributed by atoms with van der Waals surface area (Å²) in [6, 6.07) is 0. The van der Waals surface area contributed by atoms with Crippen molar-refractivity contribution in [1.82, 2.24) is 0 Å². The van der Waals surface area contributed by atoms with E-state index in [1.165, 1.54) is 0 Å². The van der Waals surface area contributed by atoms with E-state index in [4.69, 9.17) is 9.47 Å². The molecule has 0 aromatic carbocycles. The Hall–Kier alpha value is -1.77. The second kappa shape index (κ2) is 8.61. The molecule has 12 heteroatoms. The highest BCUT2D eigenvalue weighted by molar-refractivity contribution is 5.96. The third-order valence-electron chi connectivity index (χ3n) is 10.3. The van der Waals surface area contributed by atoms with E-state index in [2.05, 4.69) is 11.7 Å². The summed E-state index contributed by atoms with van der Waals surface area (Å²) in [7, 11) is 0.894. The summed E-state index contributed by atoms with van der Waals surface area (Å²) in [5.74, 6) is -13.0. The van der Waals surface area contributed by atoms with Crippen molar-refractivity contribution in [2.45, 2.75) is 94.7 Å². The number of aliphatic hydroxyl groups is 6. The molecule has 6 N–H and O–H groups in total. The quantitative estimate of drug-likeness (QED) is 0.189. The molecule has 1 saturated heterocycles. The molecule has 0 aromatic rings. The zero-order chi connectivity index (χ0) is 28.1. The van der Waals surface area contributed by atoms with Crippen LogP contribution >= 0.6 is 0 Å². The molecule has 0 spiro atoms. The Morgan fingerprint density at radius 2 is 1.58 bits per heavy atom. The number of ether oxygens (including phenoxy) is 3. The number of hydrogen-bond donors (Lipinski definition) is 6. The maximum atomic E-state index is 13.4. The molecule has 8 atom stereocenters. The Labute approximate surface area is 219 Å². The van der Waals surface area contributed by atoms with Gasteiger partial charge in [-0.2, -0.15) is 0 Å². The van der Waals surface area contributed by atoms with Crippen molar-refractivity contribution in [3.63, 3.8) is 0 Å². The Bertz CT molecular complexity index is 1080. The lowest BCUT2D eigenvalue weighted by Gasteiger charge is -2.56. The molecule has 0 amide bonds. The molecule has 12 nitrogen and oxygen atoms in total. The lowest BCUT2D eigenvalue weighted by Crippen LogP contribution is -2.81. The SMILES string of the molecule is COC(=O)[C@H]1OC(OC2CC[C@@]3(C)C(=CC(=O)C4C3CC[C@]3(C)C(=O)CCC43)C2)C(O)(O)C(O)(O)C1(O)O. The van der Waals surface area contributed by atoms with Gasteiger partial charge in [-0.05, 0) is 61.9 Å². The predicted molar refractivity (Wildman–Crippen MR) is 124 cm³/mol. The monoisotopic (exact) mass is 540 g/mol. The average Bonchev–Trinajstić information content (AvgIpc) is 3.15. The van der Waals surface area contributed by atoms with Crippen LogP contribution in [-0.2, 0) is 28.6 Å². The van der Waals surface area contributed by atoms with E-state index in [9.17, 15) is 45.0 Å². The van der Waals surface area contributed by atoms with Gasteiger partial charge in [0.05, 0.1) is 13.2 Å². The van der Waals surface area contributed by atoms with Crippen LogP contribution in [0.5, 0.6) is 0 Å². The Kier molecular flexibility index (Phi) is 6.30. The van der Waals surface area contributed by atoms with E-state index in [0.29, 0.717) is 25.7 Å². The highest BCUT2D eigenvalue weighted by Crippen LogP contribution is 2.63. The van der Waals surface area contributed by atoms with Crippen LogP contribution in [0.4, 0.5) is 0 Å². The van der Waals surface area contributed by atoms with Gasteiger partial charge >= 0.3 is 5.97 Å². The second-order valence-electron chi connectivity index (χ2n) is 12.1. The topological polar surface area (TPSA) is 200 Å². The van der Waals surface area contributed by atoms with Gasteiger partial charge in [0.15, 0.2) is 5.78 Å². The molecule has 4 aliphatic carbocycles. The summed E-state index contributed by atoms with van der Waals surface area (Å²) >= 11 is 0. The van der Waals surface area contributed by atoms with E-state index in [1.54, 1.807) is 6.08 Å². The molecule has 3 saturated carbocycles. The second-order valence-corrected chi connectivity index (χ2v) is 12.1. The first kappa shape index (κ1) is 27.8. The minimum atomic E-state index is -4.06. The van der Waals surface area contributed by atoms with E-state index < -0.39 is 47.2 Å². The molecule has 0 bridgehead atoms. The fraction of sp³-hybridized carbons (Fsp3) is 0.808. The van der Waals surface area contributed by atoms with Crippen molar-refractivity contribution in [2.75, 3.05) is 7.11 Å². The number of carbonyl (C=O) groups excluding carboxylic acids is 3. The van der Waals surface area contributed by atoms with Crippen LogP contribution in [0.15, 0.2) is 11.6 Å². The average molecular weight is 541 g/mol. The number of hydrogen-bond acceptors (Lipinski definition) is 12. The van der Waals surface area contributed by atoms with E-state index in [1.807, 2.05) is 6.92 Å². The molecular formula is C26H36O12. The summed E-state index contributed by atoms with van der Waals surface area (Å²) in [5, 5.41) is 61.7. The molecule has 0 aromatic heterocycles. The molecule has 1 heterocycles. The number of methoxy groups -OCH3 is 1. The molecule has 0 radical (unpaired) electrons. The van der Waals surface area contributed by atoms with Gasteiger partial charge in [-0.3, -0.25) is 9.59 Å². The zero-order valence-electron chi connectivity index (χ0n) is 21.6. The molecule has 5 aliphatic rings. The number of allylic oxidation sites excluding steroid dienone is 1. The zero-order valence-corrected chi connectivity index (χ0v) is 21.6. The number of fused-ring (bicyclic) bond motifs is 5. The Morgan fingerprint density at radius 1 is 0.947 bits per heavy atom. The lowest BCUT2D eigenvalue weighted by atomic mass is 9.48. The van der Waals surface area contributed by atoms with E-state index in [0.717, 1.165) is 25.5 Å². The van der Waals surface area contributed by atoms with Gasteiger partial charge in [0.2, 0.25) is 12.4 Å². The summed E-state index contributed by atoms with van der Waals surface area (Å²) in [6.07, 6.45) is -0.0714. The molecule has 4 fully saturated rings. The van der Waals surface area contributed by atoms with Gasteiger partial charge < -0.3 is 44.8 Å². The normalized spacial score (nSPS) is 44.9. The first-order chi connectivity index (χ1) is 17.5. The lowest BCUT2D eigenvalue weighted by molar-refractivity contribution is -0.535. The van der Waals surface area contributed by atoms with Gasteiger partial charge in [-0.1, -0.05) is 19.4 Å². The molecule has 5 rings (SSSR count). The van der Waals surface area contributed by atoms with Gasteiger partial charge in [0.1, 0.15) is 5.78 Å². The smallest absolute Gasteiger partial charge is 0.341 e. The maximum absolute atomic E-state index is 13.4. The molecular weight excluding hydrogens is 504 g/mol. The highest BCUT2D eigenvalue weighted by atomic mass is 16.8. The molecule has 212 valence electrons. The minimum absolute atomic E-state index is 0.0135. The Balaban J connectivity index is 1.39. The number of rotatable bonds is 3. The summed E-state index contributed by atoms with van der Waals surface area (Å²) < 4.78 is 15.2. The fourth-order valence-electron chi connectivity index (χ4n) is 7.82. The van der Waals surface area contributed by atoms with Crippen LogP contribution in [0.3, 0.4) is 0 Å². The van der Waals surface area contributed by atoms with Crippen LogP contribution in [0.2, 0.25) is 0 Å². The summed E-state index contributed by atoms with van der Waals surface area (Å²) in [5.41, 5.74) is 0.00769. The first-order valence-corrected chi connectivity index (χ1v) is 13.0. The van der Waals surface area contributed by atoms with Gasteiger partial charge in [0.25, 0.3) is 17.4 Å². The predicted octanol–water partition coefficient (Wildman–Crippen LogP) is -0.977. The number of carbonyl (C=O) groups is 3. The van der Waals surface area contributed by atoms with Crippen molar-refractivity contribution in [3.05, 3.63) is 11.6 Å². The first-order valence-electron chi connectivity index (χ1n) is 13.0. The van der Waals surface area contributed by atoms with Crippen LogP contribution in [-0.4, -0.2) is 91.1 Å². The summed E-state index contributed by atoms with van der Waals surface area (Å²) in [6.45, 7) is 4.09. The largest absolute Gasteiger partial charge is 0.467 e. The van der Waals surface area contributed by atoms with Gasteiger partial charge in [-0.15, -0.1) is 0 Å². The number of ketones is 2. The third-order valence-corrected chi connectivity index (χ3v) is 10.3. The third kappa shape index (κ3) is 3.55. The summed E-state index contributed by atoms with van der Waals surface area (Å²) in [4.78, 5) is 38.1. The number of Topliss-reactive ketones (excluding diaryl/α,β-unsaturated/α-hetero) is 1. The van der Waals surface area contributed by atoms with Gasteiger partial charge in [0, 0.05) is 17.8 Å². The molecule has 1 aliphatic heterocycles. The van der Waals surface area contributed by atoms with Gasteiger partial charge in [-0.25, -0.2) is 4.79 Å². The van der Waals surface area contributed by atoms with Crippen molar-refractivity contribution >= 4 is 17.5 Å². The van der Waals surface area contributed by atoms with E-state index >= 15 is 0 Å². The fourth-order valence-corrected chi connectivity index (χ4v) is 7.82. The highest BCUT2D eigenvalue weighted by Gasteiger charge is 2.75. The van der Waals surface area contributed by atoms with E-state index in [-0.39, 0.29) is 41.2 Å². The number of esters is 1. The van der Waals surface area contributed by atoms with Crippen molar-refractivity contribution in [1.29, 1.82) is 0 Å².